The summed E-state index contributed by atoms with van der Waals surface area (Å²) in [6.45, 7) is 0. The maximum absolute atomic E-state index is 10.7. The number of carboxylic acids is 1. The first kappa shape index (κ1) is 10.2. The monoisotopic (exact) mass is 219 g/mol. The highest BCUT2D eigenvalue weighted by atomic mass is 16.5. The van der Waals surface area contributed by atoms with Crippen LogP contribution in [-0.2, 0) is 0 Å². The quantitative estimate of drug-likeness (QED) is 0.809. The molecule has 0 saturated carbocycles. The minimum Gasteiger partial charge on any atom is -0.497 e. The van der Waals surface area contributed by atoms with E-state index < -0.39 is 5.97 Å². The Morgan fingerprint density at radius 2 is 2.25 bits per heavy atom. The molecule has 2 aromatic rings. The van der Waals surface area contributed by atoms with Gasteiger partial charge < -0.3 is 9.84 Å². The number of carbonyl (C=O) groups is 1. The standard InChI is InChI=1S/C10H9N3O3/c1-16-6-2-3-11-7(4-6)8-5-9(10(14)15)13-12-8/h2-5H,1H3,(H,12,13)(H,14,15). The van der Waals surface area contributed by atoms with E-state index in [1.807, 2.05) is 0 Å². The lowest BCUT2D eigenvalue weighted by Crippen LogP contribution is -1.95. The van der Waals surface area contributed by atoms with Gasteiger partial charge in [-0.25, -0.2) is 4.79 Å². The van der Waals surface area contributed by atoms with Crippen LogP contribution in [0.4, 0.5) is 0 Å². The number of aromatic carboxylic acids is 1. The van der Waals surface area contributed by atoms with Crippen molar-refractivity contribution in [3.8, 4) is 17.1 Å². The fraction of sp³-hybridized carbons (Fsp3) is 0.100. The molecule has 0 radical (unpaired) electrons. The zero-order chi connectivity index (χ0) is 11.5. The van der Waals surface area contributed by atoms with Crippen molar-refractivity contribution in [1.82, 2.24) is 15.2 Å². The maximum Gasteiger partial charge on any atom is 0.353 e. The Kier molecular flexibility index (Phi) is 2.55. The van der Waals surface area contributed by atoms with E-state index in [9.17, 15) is 4.79 Å². The van der Waals surface area contributed by atoms with Crippen LogP contribution in [0.15, 0.2) is 24.4 Å². The van der Waals surface area contributed by atoms with E-state index in [1.165, 1.54) is 6.07 Å². The van der Waals surface area contributed by atoms with E-state index in [1.54, 1.807) is 25.4 Å². The number of aromatic amines is 1. The third-order valence-electron chi connectivity index (χ3n) is 2.04. The number of carboxylic acid groups (broad SMARTS) is 1. The van der Waals surface area contributed by atoms with Gasteiger partial charge in [0.25, 0.3) is 0 Å². The van der Waals surface area contributed by atoms with Crippen LogP contribution in [0.2, 0.25) is 0 Å². The molecule has 0 bridgehead atoms. The normalized spacial score (nSPS) is 10.1. The summed E-state index contributed by atoms with van der Waals surface area (Å²) in [5.74, 6) is -0.411. The number of nitrogens with one attached hydrogen (secondary N) is 1. The number of nitrogens with zero attached hydrogens (tertiary/aromatic N) is 2. The van der Waals surface area contributed by atoms with Crippen molar-refractivity contribution in [3.63, 3.8) is 0 Å². The average molecular weight is 219 g/mol. The summed E-state index contributed by atoms with van der Waals surface area (Å²) in [6.07, 6.45) is 1.57. The van der Waals surface area contributed by atoms with Gasteiger partial charge in [0.15, 0.2) is 0 Å². The van der Waals surface area contributed by atoms with Crippen LogP contribution < -0.4 is 4.74 Å². The van der Waals surface area contributed by atoms with Crippen LogP contribution in [0.1, 0.15) is 10.5 Å². The van der Waals surface area contributed by atoms with Crippen LogP contribution in [0.25, 0.3) is 11.4 Å². The first-order valence-corrected chi connectivity index (χ1v) is 4.50. The summed E-state index contributed by atoms with van der Waals surface area (Å²) < 4.78 is 5.04. The van der Waals surface area contributed by atoms with Crippen LogP contribution in [-0.4, -0.2) is 33.4 Å². The highest BCUT2D eigenvalue weighted by Crippen LogP contribution is 2.19. The molecule has 0 fully saturated rings. The number of methoxy groups -OCH3 is 1. The molecule has 0 saturated heterocycles. The number of pyridine rings is 1. The second-order valence-electron chi connectivity index (χ2n) is 3.05. The minimum absolute atomic E-state index is 0.0274. The number of H-pyrrole nitrogens is 1. The summed E-state index contributed by atoms with van der Waals surface area (Å²) in [7, 11) is 1.55. The molecule has 0 aliphatic heterocycles. The van der Waals surface area contributed by atoms with Gasteiger partial charge in [-0.2, -0.15) is 5.10 Å². The van der Waals surface area contributed by atoms with Gasteiger partial charge in [-0.05, 0) is 6.07 Å². The molecule has 0 spiro atoms. The van der Waals surface area contributed by atoms with Gasteiger partial charge in [0, 0.05) is 18.3 Å². The zero-order valence-electron chi connectivity index (χ0n) is 8.47. The summed E-state index contributed by atoms with van der Waals surface area (Å²) in [6, 6.07) is 4.81. The molecule has 0 amide bonds. The molecular formula is C10H9N3O3. The molecule has 82 valence electrons. The van der Waals surface area contributed by atoms with Gasteiger partial charge in [0.05, 0.1) is 12.8 Å². The van der Waals surface area contributed by atoms with E-state index in [0.29, 0.717) is 17.1 Å². The third-order valence-corrected chi connectivity index (χ3v) is 2.04. The first-order valence-electron chi connectivity index (χ1n) is 4.50. The second kappa shape index (κ2) is 4.01. The Morgan fingerprint density at radius 3 is 2.88 bits per heavy atom. The van der Waals surface area contributed by atoms with Crippen molar-refractivity contribution in [2.45, 2.75) is 0 Å². The van der Waals surface area contributed by atoms with Crippen LogP contribution in [0.5, 0.6) is 5.75 Å². The van der Waals surface area contributed by atoms with Gasteiger partial charge >= 0.3 is 5.97 Å². The topological polar surface area (TPSA) is 88.1 Å². The minimum atomic E-state index is -1.05. The predicted octanol–water partition coefficient (Wildman–Crippen LogP) is 1.18. The number of hydrogen-bond donors (Lipinski definition) is 2. The lowest BCUT2D eigenvalue weighted by molar-refractivity contribution is 0.0690. The van der Waals surface area contributed by atoms with Crippen molar-refractivity contribution < 1.29 is 14.6 Å². The molecule has 6 heteroatoms. The Bertz CT molecular complexity index is 522. The van der Waals surface area contributed by atoms with Crippen molar-refractivity contribution in [1.29, 1.82) is 0 Å². The van der Waals surface area contributed by atoms with Crippen molar-refractivity contribution in [2.24, 2.45) is 0 Å². The number of rotatable bonds is 3. The Balaban J connectivity index is 2.38. The van der Waals surface area contributed by atoms with Gasteiger partial charge in [0.2, 0.25) is 0 Å². The van der Waals surface area contributed by atoms with E-state index in [-0.39, 0.29) is 5.69 Å². The van der Waals surface area contributed by atoms with Gasteiger partial charge in [-0.3, -0.25) is 10.1 Å². The second-order valence-corrected chi connectivity index (χ2v) is 3.05. The Labute approximate surface area is 90.9 Å². The summed E-state index contributed by atoms with van der Waals surface area (Å²) in [5, 5.41) is 15.0. The first-order chi connectivity index (χ1) is 7.70. The molecule has 16 heavy (non-hydrogen) atoms. The molecule has 0 aromatic carbocycles. The van der Waals surface area contributed by atoms with E-state index in [2.05, 4.69) is 15.2 Å². The van der Waals surface area contributed by atoms with Crippen molar-refractivity contribution >= 4 is 5.97 Å². The van der Waals surface area contributed by atoms with Gasteiger partial charge in [-0.15, -0.1) is 0 Å². The van der Waals surface area contributed by atoms with Crippen LogP contribution in [0.3, 0.4) is 0 Å². The molecule has 0 atom stereocenters. The van der Waals surface area contributed by atoms with Crippen molar-refractivity contribution in [2.75, 3.05) is 7.11 Å². The van der Waals surface area contributed by atoms with E-state index in [4.69, 9.17) is 9.84 Å². The predicted molar refractivity (Wildman–Crippen MR) is 55.3 cm³/mol. The third kappa shape index (κ3) is 1.85. The molecule has 2 heterocycles. The smallest absolute Gasteiger partial charge is 0.353 e. The largest absolute Gasteiger partial charge is 0.497 e. The summed E-state index contributed by atoms with van der Waals surface area (Å²) >= 11 is 0. The van der Waals surface area contributed by atoms with Crippen LogP contribution in [0, 0.1) is 0 Å². The number of ether oxygens (including phenoxy) is 1. The fourth-order valence-electron chi connectivity index (χ4n) is 1.24. The number of aromatic nitrogens is 3. The summed E-state index contributed by atoms with van der Waals surface area (Å²) in [5.41, 5.74) is 1.05. The van der Waals surface area contributed by atoms with Gasteiger partial charge in [0.1, 0.15) is 17.1 Å². The Morgan fingerprint density at radius 1 is 1.44 bits per heavy atom. The van der Waals surface area contributed by atoms with E-state index >= 15 is 0 Å². The Hall–Kier alpha value is -2.37. The molecule has 2 rings (SSSR count). The summed E-state index contributed by atoms with van der Waals surface area (Å²) in [4.78, 5) is 14.7. The van der Waals surface area contributed by atoms with E-state index in [0.717, 1.165) is 0 Å². The average Bonchev–Trinajstić information content (AvgIpc) is 2.78. The molecule has 0 aliphatic carbocycles. The molecule has 6 nitrogen and oxygen atoms in total. The fourth-order valence-corrected chi connectivity index (χ4v) is 1.24. The molecule has 0 unspecified atom stereocenters. The zero-order valence-corrected chi connectivity index (χ0v) is 8.47. The number of hydrogen-bond acceptors (Lipinski definition) is 4. The maximum atomic E-state index is 10.7. The molecular weight excluding hydrogens is 210 g/mol. The highest BCUT2D eigenvalue weighted by Gasteiger charge is 2.10. The lowest BCUT2D eigenvalue weighted by atomic mass is 10.2. The molecule has 2 N–H and O–H groups in total. The molecule has 0 aliphatic rings. The van der Waals surface area contributed by atoms with Crippen molar-refractivity contribution in [3.05, 3.63) is 30.1 Å². The van der Waals surface area contributed by atoms with Gasteiger partial charge in [-0.1, -0.05) is 0 Å². The van der Waals surface area contributed by atoms with Crippen LogP contribution >= 0.6 is 0 Å². The molecule has 2 aromatic heterocycles. The lowest BCUT2D eigenvalue weighted by Gasteiger charge is -1.99. The SMILES string of the molecule is COc1ccnc(-c2cc(C(=O)O)[nH]n2)c1. The highest BCUT2D eigenvalue weighted by molar-refractivity contribution is 5.86.